The Labute approximate surface area is 226 Å². The lowest BCUT2D eigenvalue weighted by atomic mass is 9.90. The van der Waals surface area contributed by atoms with Crippen molar-refractivity contribution in [3.05, 3.63) is 64.7 Å². The number of aliphatic hydroxyl groups excluding tert-OH is 1. The smallest absolute Gasteiger partial charge is 0.254 e. The van der Waals surface area contributed by atoms with Crippen LogP contribution in [0.15, 0.2) is 36.4 Å². The number of halogens is 2. The van der Waals surface area contributed by atoms with Crippen molar-refractivity contribution in [1.82, 2.24) is 15.5 Å². The zero-order valence-corrected chi connectivity index (χ0v) is 22.2. The Morgan fingerprint density at radius 1 is 1.13 bits per heavy atom. The zero-order valence-electron chi connectivity index (χ0n) is 22.2. The van der Waals surface area contributed by atoms with Crippen LogP contribution in [0.1, 0.15) is 65.3 Å². The fraction of sp³-hybridized carbons (Fsp3) is 0.483. The first kappa shape index (κ1) is 28.6. The highest BCUT2D eigenvalue weighted by Gasteiger charge is 2.35. The van der Waals surface area contributed by atoms with E-state index in [1.165, 1.54) is 19.2 Å². The van der Waals surface area contributed by atoms with Crippen LogP contribution in [0.2, 0.25) is 0 Å². The number of hydrogen-bond donors (Lipinski definition) is 3. The third kappa shape index (κ3) is 6.80. The van der Waals surface area contributed by atoms with Gasteiger partial charge in [-0.25, -0.2) is 8.78 Å². The van der Waals surface area contributed by atoms with Crippen molar-refractivity contribution in [2.45, 2.75) is 69.7 Å². The van der Waals surface area contributed by atoms with Gasteiger partial charge in [0, 0.05) is 36.2 Å². The second kappa shape index (κ2) is 12.7. The van der Waals surface area contributed by atoms with E-state index in [1.807, 2.05) is 11.8 Å². The second-order valence-corrected chi connectivity index (χ2v) is 10.2. The number of carbonyl (C=O) groups excluding carboxylic acids is 3. The minimum atomic E-state index is -1.37. The topological polar surface area (TPSA) is 108 Å². The van der Waals surface area contributed by atoms with E-state index in [0.29, 0.717) is 30.8 Å². The largest absolute Gasteiger partial charge is 0.497 e. The van der Waals surface area contributed by atoms with Gasteiger partial charge in [-0.15, -0.1) is 0 Å². The van der Waals surface area contributed by atoms with E-state index in [9.17, 15) is 28.3 Å². The summed E-state index contributed by atoms with van der Waals surface area (Å²) in [6.45, 7) is 3.18. The molecule has 2 amide bonds. The molecule has 0 bridgehead atoms. The number of nitrogens with one attached hydrogen (secondary N) is 2. The number of rotatable bonds is 9. The number of ether oxygens (including phenoxy) is 1. The van der Waals surface area contributed by atoms with Crippen LogP contribution in [0.4, 0.5) is 8.78 Å². The van der Waals surface area contributed by atoms with Gasteiger partial charge in [-0.3, -0.25) is 14.4 Å². The van der Waals surface area contributed by atoms with Crippen LogP contribution in [-0.2, 0) is 11.2 Å². The molecular weight excluding hydrogens is 508 g/mol. The molecule has 2 aromatic rings. The van der Waals surface area contributed by atoms with Gasteiger partial charge in [-0.05, 0) is 74.5 Å². The minimum Gasteiger partial charge on any atom is -0.497 e. The highest BCUT2D eigenvalue weighted by atomic mass is 19.1. The van der Waals surface area contributed by atoms with E-state index >= 15 is 0 Å². The quantitative estimate of drug-likeness (QED) is 0.449. The van der Waals surface area contributed by atoms with Crippen molar-refractivity contribution in [3.63, 3.8) is 0 Å². The summed E-state index contributed by atoms with van der Waals surface area (Å²) in [5, 5.41) is 16.9. The molecule has 0 aliphatic carbocycles. The number of piperidine rings is 1. The number of Topliss-reactive ketones (excluding diaryl/α,β-unsaturated/α-hetero) is 1. The fourth-order valence-corrected chi connectivity index (χ4v) is 5.49. The molecule has 4 rings (SSSR count). The van der Waals surface area contributed by atoms with Crippen LogP contribution < -0.4 is 15.4 Å². The van der Waals surface area contributed by atoms with Crippen molar-refractivity contribution in [2.24, 2.45) is 0 Å². The Kier molecular flexibility index (Phi) is 9.29. The normalized spacial score (nSPS) is 20.9. The summed E-state index contributed by atoms with van der Waals surface area (Å²) in [5.41, 5.74) is 0.630. The number of likely N-dealkylation sites (tertiary alicyclic amines) is 1. The lowest BCUT2D eigenvalue weighted by molar-refractivity contribution is -0.125. The summed E-state index contributed by atoms with van der Waals surface area (Å²) in [6.07, 6.45) is 2.08. The molecular formula is C29H35F2N3O5. The van der Waals surface area contributed by atoms with E-state index in [4.69, 9.17) is 4.74 Å². The molecule has 2 aliphatic rings. The van der Waals surface area contributed by atoms with Crippen molar-refractivity contribution in [2.75, 3.05) is 20.2 Å². The number of ketones is 1. The lowest BCUT2D eigenvalue weighted by Gasteiger charge is -2.33. The van der Waals surface area contributed by atoms with Gasteiger partial charge in [0.2, 0.25) is 0 Å². The first-order valence-corrected chi connectivity index (χ1v) is 13.4. The van der Waals surface area contributed by atoms with E-state index in [-0.39, 0.29) is 41.7 Å². The number of aliphatic hydroxyl groups is 1. The molecule has 2 heterocycles. The molecule has 2 fully saturated rings. The van der Waals surface area contributed by atoms with Crippen LogP contribution in [0, 0.1) is 11.6 Å². The highest BCUT2D eigenvalue weighted by molar-refractivity contribution is 6.00. The number of carbonyl (C=O) groups is 3. The van der Waals surface area contributed by atoms with Gasteiger partial charge in [-0.1, -0.05) is 6.92 Å². The fourth-order valence-electron chi connectivity index (χ4n) is 5.49. The Morgan fingerprint density at radius 2 is 1.85 bits per heavy atom. The summed E-state index contributed by atoms with van der Waals surface area (Å²) in [7, 11) is 1.43. The van der Waals surface area contributed by atoms with E-state index in [0.717, 1.165) is 37.5 Å². The molecule has 2 aliphatic heterocycles. The molecule has 0 spiro atoms. The lowest BCUT2D eigenvalue weighted by Crippen LogP contribution is -2.58. The maximum atomic E-state index is 13.9. The van der Waals surface area contributed by atoms with Crippen LogP contribution in [0.25, 0.3) is 0 Å². The maximum absolute atomic E-state index is 13.9. The third-order valence-corrected chi connectivity index (χ3v) is 7.52. The molecule has 0 radical (unpaired) electrons. The number of nitrogens with zero attached hydrogens (tertiary/aromatic N) is 1. The van der Waals surface area contributed by atoms with Gasteiger partial charge in [0.25, 0.3) is 11.8 Å². The highest BCUT2D eigenvalue weighted by Crippen LogP contribution is 2.25. The van der Waals surface area contributed by atoms with Crippen molar-refractivity contribution in [1.29, 1.82) is 0 Å². The van der Waals surface area contributed by atoms with Crippen LogP contribution in [-0.4, -0.2) is 72.0 Å². The van der Waals surface area contributed by atoms with Gasteiger partial charge in [0.15, 0.2) is 5.78 Å². The van der Waals surface area contributed by atoms with Gasteiger partial charge in [0.05, 0.1) is 25.3 Å². The summed E-state index contributed by atoms with van der Waals surface area (Å²) in [5.74, 6) is -2.30. The molecule has 39 heavy (non-hydrogen) atoms. The first-order chi connectivity index (χ1) is 18.7. The Balaban J connectivity index is 1.62. The van der Waals surface area contributed by atoms with Gasteiger partial charge >= 0.3 is 0 Å². The Morgan fingerprint density at radius 3 is 2.51 bits per heavy atom. The molecule has 210 valence electrons. The van der Waals surface area contributed by atoms with Crippen LogP contribution in [0.3, 0.4) is 0 Å². The third-order valence-electron chi connectivity index (χ3n) is 7.52. The molecule has 0 unspecified atom stereocenters. The number of hydrogen-bond acceptors (Lipinski definition) is 6. The van der Waals surface area contributed by atoms with E-state index in [2.05, 4.69) is 10.6 Å². The standard InChI is InChI=1S/C29H35F2N3O5/c1-3-22-6-5-9-34(22)29(38)19-13-18(14-23(15-19)39-2)28(37)33-24(12-17-10-20(30)16-21(31)11-17)27(36)26-25(35)7-4-8-32-26/h10-11,13-16,22,24,26-27,32,36H,3-9,12H2,1-2H3,(H,33,37)/t22-,24-,26+,27-/m0/s1. The molecule has 8 nitrogen and oxygen atoms in total. The maximum Gasteiger partial charge on any atom is 0.254 e. The molecule has 3 N–H and O–H groups in total. The first-order valence-electron chi connectivity index (χ1n) is 13.4. The molecule has 4 atom stereocenters. The summed E-state index contributed by atoms with van der Waals surface area (Å²) in [6, 6.07) is 5.63. The van der Waals surface area contributed by atoms with Gasteiger partial charge < -0.3 is 25.4 Å². The molecule has 2 saturated heterocycles. The summed E-state index contributed by atoms with van der Waals surface area (Å²) < 4.78 is 33.2. The number of amides is 2. The Hall–Kier alpha value is -3.37. The van der Waals surface area contributed by atoms with Gasteiger partial charge in [-0.2, -0.15) is 0 Å². The predicted octanol–water partition coefficient (Wildman–Crippen LogP) is 3.01. The second-order valence-electron chi connectivity index (χ2n) is 10.2. The monoisotopic (exact) mass is 543 g/mol. The average molecular weight is 544 g/mol. The number of methoxy groups -OCH3 is 1. The molecule has 10 heteroatoms. The summed E-state index contributed by atoms with van der Waals surface area (Å²) in [4.78, 5) is 41.1. The number of benzene rings is 2. The summed E-state index contributed by atoms with van der Waals surface area (Å²) >= 11 is 0. The zero-order chi connectivity index (χ0) is 28.1. The molecule has 0 aromatic heterocycles. The van der Waals surface area contributed by atoms with Crippen molar-refractivity contribution >= 4 is 17.6 Å². The van der Waals surface area contributed by atoms with E-state index in [1.54, 1.807) is 6.07 Å². The van der Waals surface area contributed by atoms with Crippen molar-refractivity contribution < 1.29 is 33.0 Å². The molecule has 2 aromatic carbocycles. The van der Waals surface area contributed by atoms with Crippen LogP contribution in [0.5, 0.6) is 5.75 Å². The van der Waals surface area contributed by atoms with Gasteiger partial charge in [0.1, 0.15) is 17.4 Å². The minimum absolute atomic E-state index is 0.121. The molecule has 0 saturated carbocycles. The SMILES string of the molecule is CC[C@H]1CCCN1C(=O)c1cc(OC)cc(C(=O)N[C@@H](Cc2cc(F)cc(F)c2)[C@H](O)[C@@H]2NCCCC2=O)c1. The van der Waals surface area contributed by atoms with Crippen LogP contribution >= 0.6 is 0 Å². The van der Waals surface area contributed by atoms with Crippen molar-refractivity contribution in [3.8, 4) is 5.75 Å². The Bertz CT molecular complexity index is 1200. The predicted molar refractivity (Wildman–Crippen MR) is 141 cm³/mol. The average Bonchev–Trinajstić information content (AvgIpc) is 3.40. The van der Waals surface area contributed by atoms with E-state index < -0.39 is 35.7 Å².